The van der Waals surface area contributed by atoms with Gasteiger partial charge in [-0.25, -0.2) is 9.78 Å². The van der Waals surface area contributed by atoms with Crippen molar-refractivity contribution in [1.29, 1.82) is 0 Å². The highest BCUT2D eigenvalue weighted by molar-refractivity contribution is 7.16. The standard InChI is InChI=1S/C15H21ClN4O2S/c1-18-9-15(22-14(18)21)4-7-19(10-15)8-11-12(16)17-13(23-11)20-5-2-3-6-20/h2-10H2,1H3/t15-/m0/s1. The van der Waals surface area contributed by atoms with E-state index >= 15 is 0 Å². The first-order valence-corrected chi connectivity index (χ1v) is 9.31. The van der Waals surface area contributed by atoms with Crippen LogP contribution >= 0.6 is 22.9 Å². The summed E-state index contributed by atoms with van der Waals surface area (Å²) in [6.07, 6.45) is 3.15. The van der Waals surface area contributed by atoms with E-state index in [9.17, 15) is 4.79 Å². The fourth-order valence-electron chi connectivity index (χ4n) is 3.73. The van der Waals surface area contributed by atoms with Crippen molar-refractivity contribution in [2.75, 3.05) is 44.7 Å². The minimum absolute atomic E-state index is 0.209. The van der Waals surface area contributed by atoms with Crippen LogP contribution in [0.3, 0.4) is 0 Å². The quantitative estimate of drug-likeness (QED) is 0.832. The van der Waals surface area contributed by atoms with Gasteiger partial charge in [-0.3, -0.25) is 4.90 Å². The molecule has 1 aromatic heterocycles. The van der Waals surface area contributed by atoms with E-state index in [-0.39, 0.29) is 11.7 Å². The van der Waals surface area contributed by atoms with Crippen LogP contribution in [0.25, 0.3) is 0 Å². The molecule has 1 aromatic rings. The zero-order valence-electron chi connectivity index (χ0n) is 13.3. The second kappa shape index (κ2) is 5.79. The van der Waals surface area contributed by atoms with Crippen LogP contribution in [0, 0.1) is 0 Å². The van der Waals surface area contributed by atoms with Crippen LogP contribution in [0.1, 0.15) is 24.1 Å². The van der Waals surface area contributed by atoms with E-state index in [0.29, 0.717) is 11.7 Å². The second-order valence-electron chi connectivity index (χ2n) is 6.77. The number of ether oxygens (including phenoxy) is 1. The average molecular weight is 357 g/mol. The van der Waals surface area contributed by atoms with E-state index in [0.717, 1.165) is 49.2 Å². The van der Waals surface area contributed by atoms with E-state index in [1.54, 1.807) is 23.3 Å². The largest absolute Gasteiger partial charge is 0.439 e. The first-order valence-electron chi connectivity index (χ1n) is 8.11. The number of hydrogen-bond donors (Lipinski definition) is 0. The molecular formula is C15H21ClN4O2S. The molecule has 0 unspecified atom stereocenters. The Kier molecular flexibility index (Phi) is 3.90. The summed E-state index contributed by atoms with van der Waals surface area (Å²) in [5.74, 6) is 0. The van der Waals surface area contributed by atoms with Gasteiger partial charge >= 0.3 is 6.09 Å². The lowest BCUT2D eigenvalue weighted by molar-refractivity contribution is 0.0628. The Morgan fingerprint density at radius 3 is 2.78 bits per heavy atom. The molecule has 4 rings (SSSR count). The van der Waals surface area contributed by atoms with Gasteiger partial charge in [-0.15, -0.1) is 0 Å². The Bertz CT molecular complexity index is 619. The number of carbonyl (C=O) groups is 1. The molecule has 3 saturated heterocycles. The average Bonchev–Trinajstić information content (AvgIpc) is 3.24. The van der Waals surface area contributed by atoms with Gasteiger partial charge in [0, 0.05) is 46.2 Å². The Labute approximate surface area is 145 Å². The maximum atomic E-state index is 11.7. The number of likely N-dealkylation sites (tertiary alicyclic amines) is 1. The number of thiazole rings is 1. The molecule has 1 amide bonds. The van der Waals surface area contributed by atoms with E-state index in [4.69, 9.17) is 16.3 Å². The lowest BCUT2D eigenvalue weighted by atomic mass is 10.0. The molecule has 8 heteroatoms. The van der Waals surface area contributed by atoms with Gasteiger partial charge in [-0.05, 0) is 12.8 Å². The van der Waals surface area contributed by atoms with Crippen molar-refractivity contribution in [2.45, 2.75) is 31.4 Å². The van der Waals surface area contributed by atoms with Crippen LogP contribution in [0.4, 0.5) is 9.93 Å². The molecule has 3 fully saturated rings. The van der Waals surface area contributed by atoms with Crippen LogP contribution < -0.4 is 4.90 Å². The molecule has 23 heavy (non-hydrogen) atoms. The van der Waals surface area contributed by atoms with Crippen molar-refractivity contribution in [3.63, 3.8) is 0 Å². The van der Waals surface area contributed by atoms with Crippen LogP contribution in [0.2, 0.25) is 5.15 Å². The Morgan fingerprint density at radius 2 is 2.09 bits per heavy atom. The summed E-state index contributed by atoms with van der Waals surface area (Å²) in [7, 11) is 1.79. The number of halogens is 1. The molecule has 6 nitrogen and oxygen atoms in total. The molecule has 0 N–H and O–H groups in total. The van der Waals surface area contributed by atoms with Gasteiger partial charge in [0.2, 0.25) is 0 Å². The van der Waals surface area contributed by atoms with E-state index in [2.05, 4.69) is 14.8 Å². The lowest BCUT2D eigenvalue weighted by Crippen LogP contribution is -2.36. The van der Waals surface area contributed by atoms with Crippen molar-refractivity contribution in [3.05, 3.63) is 10.0 Å². The molecule has 0 radical (unpaired) electrons. The molecule has 0 aromatic carbocycles. The second-order valence-corrected chi connectivity index (χ2v) is 8.19. The van der Waals surface area contributed by atoms with E-state index < -0.39 is 0 Å². The molecule has 4 heterocycles. The molecule has 1 atom stereocenters. The molecule has 126 valence electrons. The number of nitrogens with zero attached hydrogens (tertiary/aromatic N) is 4. The molecule has 0 aliphatic carbocycles. The maximum Gasteiger partial charge on any atom is 0.410 e. The summed E-state index contributed by atoms with van der Waals surface area (Å²) < 4.78 is 5.60. The first kappa shape index (κ1) is 15.5. The number of likely N-dealkylation sites (N-methyl/N-ethyl adjacent to an activating group) is 1. The molecule has 3 aliphatic rings. The first-order chi connectivity index (χ1) is 11.0. The minimum atomic E-state index is -0.333. The van der Waals surface area contributed by atoms with Gasteiger partial charge < -0.3 is 14.5 Å². The van der Waals surface area contributed by atoms with Gasteiger partial charge in [0.15, 0.2) is 5.13 Å². The van der Waals surface area contributed by atoms with Crippen LogP contribution in [0.15, 0.2) is 0 Å². The zero-order chi connectivity index (χ0) is 16.0. The third-order valence-electron chi connectivity index (χ3n) is 4.92. The summed E-state index contributed by atoms with van der Waals surface area (Å²) in [6, 6.07) is 0. The highest BCUT2D eigenvalue weighted by Gasteiger charge is 2.48. The monoisotopic (exact) mass is 356 g/mol. The molecule has 0 bridgehead atoms. The topological polar surface area (TPSA) is 48.9 Å². The summed E-state index contributed by atoms with van der Waals surface area (Å²) in [6.45, 7) is 5.33. The third-order valence-corrected chi connectivity index (χ3v) is 6.44. The molecule has 0 saturated carbocycles. The van der Waals surface area contributed by atoms with Gasteiger partial charge in [-0.2, -0.15) is 0 Å². The Balaban J connectivity index is 1.42. The van der Waals surface area contributed by atoms with Gasteiger partial charge in [0.05, 0.1) is 11.4 Å². The number of amides is 1. The smallest absolute Gasteiger partial charge is 0.410 e. The van der Waals surface area contributed by atoms with Crippen molar-refractivity contribution in [1.82, 2.24) is 14.8 Å². The van der Waals surface area contributed by atoms with Crippen molar-refractivity contribution in [2.24, 2.45) is 0 Å². The number of carbonyl (C=O) groups excluding carboxylic acids is 1. The predicted molar refractivity (Wildman–Crippen MR) is 90.3 cm³/mol. The summed E-state index contributed by atoms with van der Waals surface area (Å²) in [5.41, 5.74) is -0.333. The lowest BCUT2D eigenvalue weighted by Gasteiger charge is -2.21. The molecular weight excluding hydrogens is 336 g/mol. The predicted octanol–water partition coefficient (Wildman–Crippen LogP) is 2.42. The van der Waals surface area contributed by atoms with Gasteiger partial charge in [0.25, 0.3) is 0 Å². The highest BCUT2D eigenvalue weighted by Crippen LogP contribution is 2.36. The summed E-state index contributed by atoms with van der Waals surface area (Å²) >= 11 is 8.05. The van der Waals surface area contributed by atoms with E-state index in [1.807, 2.05) is 0 Å². The number of rotatable bonds is 3. The Hall–Kier alpha value is -1.05. The molecule has 3 aliphatic heterocycles. The fraction of sp³-hybridized carbons (Fsp3) is 0.733. The summed E-state index contributed by atoms with van der Waals surface area (Å²) in [4.78, 5) is 23.6. The minimum Gasteiger partial charge on any atom is -0.439 e. The zero-order valence-corrected chi connectivity index (χ0v) is 14.8. The normalized spacial score (nSPS) is 28.3. The van der Waals surface area contributed by atoms with Crippen LogP contribution in [-0.4, -0.2) is 66.2 Å². The molecule has 1 spiro atoms. The van der Waals surface area contributed by atoms with Gasteiger partial charge in [0.1, 0.15) is 10.8 Å². The van der Waals surface area contributed by atoms with Crippen molar-refractivity contribution >= 4 is 34.2 Å². The summed E-state index contributed by atoms with van der Waals surface area (Å²) in [5, 5.41) is 1.67. The Morgan fingerprint density at radius 1 is 1.30 bits per heavy atom. The van der Waals surface area contributed by atoms with Crippen LogP contribution in [-0.2, 0) is 11.3 Å². The SMILES string of the molecule is CN1C[C@]2(CCN(Cc3sc(N4CCCC4)nc3Cl)C2)OC1=O. The highest BCUT2D eigenvalue weighted by atomic mass is 35.5. The maximum absolute atomic E-state index is 11.7. The van der Waals surface area contributed by atoms with E-state index in [1.165, 1.54) is 12.8 Å². The van der Waals surface area contributed by atoms with Crippen LogP contribution in [0.5, 0.6) is 0 Å². The fourth-order valence-corrected chi connectivity index (χ4v) is 5.08. The van der Waals surface area contributed by atoms with Gasteiger partial charge in [-0.1, -0.05) is 22.9 Å². The number of aromatic nitrogens is 1. The third kappa shape index (κ3) is 2.90. The van der Waals surface area contributed by atoms with Crippen molar-refractivity contribution in [3.8, 4) is 0 Å². The van der Waals surface area contributed by atoms with Crippen molar-refractivity contribution < 1.29 is 9.53 Å². The number of hydrogen-bond acceptors (Lipinski definition) is 6. The number of anilines is 1.